The Morgan fingerprint density at radius 1 is 0.938 bits per heavy atom. The first kappa shape index (κ1) is 23.6. The molecule has 0 radical (unpaired) electrons. The Bertz CT molecular complexity index is 977. The molecule has 8 nitrogen and oxygen atoms in total. The highest BCUT2D eigenvalue weighted by Gasteiger charge is 2.57. The molecule has 1 amide bonds. The number of carbonyl (C=O) groups excluding carboxylic acids is 3. The Hall–Kier alpha value is -3.10. The molecule has 0 saturated heterocycles. The van der Waals surface area contributed by atoms with Crippen LogP contribution in [0.3, 0.4) is 0 Å². The molecule has 0 spiro atoms. The van der Waals surface area contributed by atoms with Gasteiger partial charge >= 0.3 is 6.09 Å². The molecule has 2 aromatic carbocycles. The van der Waals surface area contributed by atoms with Gasteiger partial charge in [-0.25, -0.2) is 14.8 Å². The molecule has 1 aliphatic carbocycles. The van der Waals surface area contributed by atoms with Crippen LogP contribution in [0.15, 0.2) is 48.5 Å². The van der Waals surface area contributed by atoms with Gasteiger partial charge in [0.2, 0.25) is 11.6 Å². The second-order valence-electron chi connectivity index (χ2n) is 6.93. The van der Waals surface area contributed by atoms with E-state index in [0.717, 1.165) is 0 Å². The maximum absolute atomic E-state index is 12.5. The highest BCUT2D eigenvalue weighted by molar-refractivity contribution is 6.49. The summed E-state index contributed by atoms with van der Waals surface area (Å²) in [7, 11) is 0. The van der Waals surface area contributed by atoms with Crippen LogP contribution >= 0.6 is 11.6 Å². The maximum atomic E-state index is 12.5. The van der Waals surface area contributed by atoms with Gasteiger partial charge in [-0.15, -0.1) is 0 Å². The van der Waals surface area contributed by atoms with E-state index in [1.54, 1.807) is 60.5 Å². The molecule has 170 valence electrons. The van der Waals surface area contributed by atoms with E-state index in [4.69, 9.17) is 25.8 Å². The van der Waals surface area contributed by atoms with E-state index in [1.807, 2.05) is 13.8 Å². The minimum absolute atomic E-state index is 0.144. The first-order valence-electron chi connectivity index (χ1n) is 10.4. The fraction of sp³-hybridized carbons (Fsp3) is 0.348. The maximum Gasteiger partial charge on any atom is 0.425 e. The minimum Gasteiger partial charge on any atom is -0.479 e. The van der Waals surface area contributed by atoms with Gasteiger partial charge in [-0.05, 0) is 49.4 Å². The summed E-state index contributed by atoms with van der Waals surface area (Å²) in [6, 6.07) is 12.5. The van der Waals surface area contributed by atoms with Crippen LogP contribution < -0.4 is 9.47 Å². The lowest BCUT2D eigenvalue weighted by Crippen LogP contribution is -2.71. The van der Waals surface area contributed by atoms with Crippen molar-refractivity contribution in [3.63, 3.8) is 0 Å². The summed E-state index contributed by atoms with van der Waals surface area (Å²) in [6.07, 6.45) is -1.81. The number of benzene rings is 2. The van der Waals surface area contributed by atoms with Crippen molar-refractivity contribution in [2.24, 2.45) is 0 Å². The van der Waals surface area contributed by atoms with Crippen molar-refractivity contribution >= 4 is 29.3 Å². The fourth-order valence-corrected chi connectivity index (χ4v) is 3.53. The van der Waals surface area contributed by atoms with Crippen LogP contribution in [0, 0.1) is 0 Å². The number of ether oxygens (including phenoxy) is 3. The summed E-state index contributed by atoms with van der Waals surface area (Å²) < 4.78 is 16.6. The molecule has 1 fully saturated rings. The van der Waals surface area contributed by atoms with E-state index < -0.39 is 29.8 Å². The third-order valence-corrected chi connectivity index (χ3v) is 5.16. The third-order valence-electron chi connectivity index (χ3n) is 4.93. The summed E-state index contributed by atoms with van der Waals surface area (Å²) in [4.78, 5) is 37.2. The van der Waals surface area contributed by atoms with Gasteiger partial charge in [0.05, 0.1) is 6.61 Å². The van der Waals surface area contributed by atoms with Crippen molar-refractivity contribution in [3.8, 4) is 17.2 Å². The van der Waals surface area contributed by atoms with E-state index in [2.05, 4.69) is 0 Å². The molecule has 1 aliphatic rings. The van der Waals surface area contributed by atoms with Crippen molar-refractivity contribution in [1.29, 1.82) is 0 Å². The molecular formula is C23H25ClN2O6. The normalized spacial score (nSPS) is 17.7. The van der Waals surface area contributed by atoms with Crippen LogP contribution in [0.4, 0.5) is 4.79 Å². The average molecular weight is 461 g/mol. The topological polar surface area (TPSA) is 85.4 Å². The Morgan fingerprint density at radius 3 is 2.19 bits per heavy atom. The van der Waals surface area contributed by atoms with Gasteiger partial charge in [-0.2, -0.15) is 0 Å². The first-order valence-corrected chi connectivity index (χ1v) is 10.8. The van der Waals surface area contributed by atoms with Gasteiger partial charge in [-0.3, -0.25) is 9.59 Å². The zero-order valence-corrected chi connectivity index (χ0v) is 18.9. The largest absolute Gasteiger partial charge is 0.479 e. The molecule has 0 aliphatic heterocycles. The molecule has 1 saturated carbocycles. The Balaban J connectivity index is 1.75. The summed E-state index contributed by atoms with van der Waals surface area (Å²) in [5.74, 6) is 0.119. The highest BCUT2D eigenvalue weighted by Crippen LogP contribution is 2.29. The minimum atomic E-state index is -1.12. The number of rotatable bonds is 9. The quantitative estimate of drug-likeness (QED) is 0.411. The van der Waals surface area contributed by atoms with Crippen molar-refractivity contribution in [2.45, 2.75) is 32.9 Å². The number of Topliss-reactive ketones (excluding diaryl/α,β-unsaturated/α-hetero) is 2. The van der Waals surface area contributed by atoms with Crippen molar-refractivity contribution in [2.75, 3.05) is 19.7 Å². The second kappa shape index (κ2) is 10.5. The summed E-state index contributed by atoms with van der Waals surface area (Å²) in [5.41, 5.74) is 0. The van der Waals surface area contributed by atoms with E-state index >= 15 is 0 Å². The van der Waals surface area contributed by atoms with Crippen LogP contribution in [-0.4, -0.2) is 59.5 Å². The number of hydrogen-bond donors (Lipinski definition) is 0. The van der Waals surface area contributed by atoms with Crippen LogP contribution in [-0.2, 0) is 14.3 Å². The lowest BCUT2D eigenvalue weighted by molar-refractivity contribution is -0.167. The summed E-state index contributed by atoms with van der Waals surface area (Å²) in [5, 5.41) is 3.39. The van der Waals surface area contributed by atoms with Crippen molar-refractivity contribution in [1.82, 2.24) is 10.0 Å². The number of carbonyl (C=O) groups is 3. The van der Waals surface area contributed by atoms with Crippen molar-refractivity contribution in [3.05, 3.63) is 53.6 Å². The molecule has 9 heteroatoms. The standard InChI is InChI=1S/C23H25ClN2O6/c1-4-25(5-2)26(23(29)30-6-3)19-20(27)21(28)22(19)32-17-12-10-16(11-13-17)31-18-9-7-8-15(24)14-18/h7-14,19,22H,4-6H2,1-3H3. The predicted molar refractivity (Wildman–Crippen MR) is 118 cm³/mol. The number of halogens is 1. The van der Waals surface area contributed by atoms with Gasteiger partial charge in [0.15, 0.2) is 12.1 Å². The first-order chi connectivity index (χ1) is 15.4. The summed E-state index contributed by atoms with van der Waals surface area (Å²) >= 11 is 5.97. The van der Waals surface area contributed by atoms with Crippen LogP contribution in [0.2, 0.25) is 5.02 Å². The monoisotopic (exact) mass is 460 g/mol. The molecule has 3 rings (SSSR count). The van der Waals surface area contributed by atoms with Gasteiger partial charge in [-0.1, -0.05) is 31.5 Å². The van der Waals surface area contributed by atoms with Crippen LogP contribution in [0.1, 0.15) is 20.8 Å². The van der Waals surface area contributed by atoms with Crippen LogP contribution in [0.5, 0.6) is 17.2 Å². The average Bonchev–Trinajstić information content (AvgIpc) is 2.79. The predicted octanol–water partition coefficient (Wildman–Crippen LogP) is 4.12. The lowest BCUT2D eigenvalue weighted by Gasteiger charge is -2.44. The zero-order chi connectivity index (χ0) is 23.3. The fourth-order valence-electron chi connectivity index (χ4n) is 3.35. The van der Waals surface area contributed by atoms with Gasteiger partial charge in [0.25, 0.3) is 0 Å². The molecule has 32 heavy (non-hydrogen) atoms. The summed E-state index contributed by atoms with van der Waals surface area (Å²) in [6.45, 7) is 6.41. The Kier molecular flexibility index (Phi) is 7.71. The van der Waals surface area contributed by atoms with Gasteiger partial charge in [0, 0.05) is 18.1 Å². The highest BCUT2D eigenvalue weighted by atomic mass is 35.5. The van der Waals surface area contributed by atoms with Gasteiger partial charge in [0.1, 0.15) is 17.2 Å². The van der Waals surface area contributed by atoms with Crippen LogP contribution in [0.25, 0.3) is 0 Å². The molecule has 0 bridgehead atoms. The SMILES string of the molecule is CCOC(=O)N(C1C(=O)C(=O)C1Oc1ccc(Oc2cccc(Cl)c2)cc1)N(CC)CC. The molecule has 0 heterocycles. The van der Waals surface area contributed by atoms with E-state index in [0.29, 0.717) is 35.4 Å². The molecule has 0 N–H and O–H groups in total. The zero-order valence-electron chi connectivity index (χ0n) is 18.1. The molecule has 2 unspecified atom stereocenters. The number of amides is 1. The lowest BCUT2D eigenvalue weighted by atomic mass is 9.85. The molecule has 2 atom stereocenters. The molecule has 2 aromatic rings. The van der Waals surface area contributed by atoms with E-state index in [1.165, 1.54) is 5.01 Å². The number of hydrazine groups is 1. The molecular weight excluding hydrogens is 436 g/mol. The number of nitrogens with zero attached hydrogens (tertiary/aromatic N) is 2. The third kappa shape index (κ3) is 5.03. The Morgan fingerprint density at radius 2 is 1.59 bits per heavy atom. The Labute approximate surface area is 191 Å². The second-order valence-corrected chi connectivity index (χ2v) is 7.36. The smallest absolute Gasteiger partial charge is 0.425 e. The molecule has 0 aromatic heterocycles. The van der Waals surface area contributed by atoms with E-state index in [9.17, 15) is 14.4 Å². The van der Waals surface area contributed by atoms with Gasteiger partial charge < -0.3 is 14.2 Å². The number of hydrogen-bond acceptors (Lipinski definition) is 7. The van der Waals surface area contributed by atoms with Crippen molar-refractivity contribution < 1.29 is 28.6 Å². The number of ketones is 2. The van der Waals surface area contributed by atoms with E-state index in [-0.39, 0.29) is 6.61 Å².